The molecule has 1 heterocycles. The summed E-state index contributed by atoms with van der Waals surface area (Å²) in [5.74, 6) is 0. The van der Waals surface area contributed by atoms with E-state index in [1.807, 2.05) is 13.2 Å². The van der Waals surface area contributed by atoms with Gasteiger partial charge in [-0.1, -0.05) is 44.2 Å². The molecule has 2 rings (SSSR count). The second-order valence-corrected chi connectivity index (χ2v) is 6.99. The summed E-state index contributed by atoms with van der Waals surface area (Å²) < 4.78 is 11.9. The quantitative estimate of drug-likeness (QED) is 0.826. The van der Waals surface area contributed by atoms with Crippen LogP contribution in [0.3, 0.4) is 0 Å². The lowest BCUT2D eigenvalue weighted by Gasteiger charge is -2.50. The molecule has 0 aliphatic carbocycles. The highest BCUT2D eigenvalue weighted by Gasteiger charge is 2.43. The Kier molecular flexibility index (Phi) is 5.42. The molecule has 0 amide bonds. The minimum absolute atomic E-state index is 0.0813. The second kappa shape index (κ2) is 6.91. The molecular weight excluding hydrogens is 262 g/mol. The van der Waals surface area contributed by atoms with Gasteiger partial charge in [0.25, 0.3) is 0 Å². The van der Waals surface area contributed by atoms with Gasteiger partial charge in [-0.3, -0.25) is 4.90 Å². The number of ether oxygens (including phenoxy) is 2. The first-order valence-corrected chi connectivity index (χ1v) is 7.88. The van der Waals surface area contributed by atoms with Gasteiger partial charge in [0.05, 0.1) is 12.7 Å². The summed E-state index contributed by atoms with van der Waals surface area (Å²) in [5.41, 5.74) is 1.31. The zero-order valence-corrected chi connectivity index (χ0v) is 14.0. The molecule has 1 aliphatic rings. The fraction of sp³-hybridized carbons (Fsp3) is 0.667. The number of rotatable bonds is 5. The summed E-state index contributed by atoms with van der Waals surface area (Å²) in [6.07, 6.45) is 1.45. The summed E-state index contributed by atoms with van der Waals surface area (Å²) in [4.78, 5) is 2.43. The molecule has 3 nitrogen and oxygen atoms in total. The van der Waals surface area contributed by atoms with Crippen LogP contribution in [0.1, 0.15) is 39.7 Å². The molecule has 2 atom stereocenters. The minimum Gasteiger partial charge on any atom is -0.380 e. The highest BCUT2D eigenvalue weighted by Crippen LogP contribution is 2.38. The van der Waals surface area contributed by atoms with Gasteiger partial charge < -0.3 is 9.47 Å². The van der Waals surface area contributed by atoms with Crippen molar-refractivity contribution < 1.29 is 9.47 Å². The molecule has 21 heavy (non-hydrogen) atoms. The third-order valence-electron chi connectivity index (χ3n) is 4.39. The number of hydrogen-bond acceptors (Lipinski definition) is 3. The molecule has 0 radical (unpaired) electrons. The Labute approximate surface area is 129 Å². The topological polar surface area (TPSA) is 21.7 Å². The third kappa shape index (κ3) is 4.06. The molecule has 1 aromatic carbocycles. The van der Waals surface area contributed by atoms with Crippen LogP contribution in [0.25, 0.3) is 0 Å². The van der Waals surface area contributed by atoms with Crippen molar-refractivity contribution in [3.63, 3.8) is 0 Å². The van der Waals surface area contributed by atoms with Gasteiger partial charge in [-0.15, -0.1) is 0 Å². The zero-order chi connectivity index (χ0) is 15.5. The maximum Gasteiger partial charge on any atom is 0.116 e. The van der Waals surface area contributed by atoms with E-state index in [9.17, 15) is 0 Å². The van der Waals surface area contributed by atoms with Gasteiger partial charge >= 0.3 is 0 Å². The molecule has 118 valence electrons. The Morgan fingerprint density at radius 2 is 1.90 bits per heavy atom. The number of nitrogens with zero attached hydrogens (tertiary/aromatic N) is 1. The molecule has 1 aliphatic heterocycles. The van der Waals surface area contributed by atoms with Crippen molar-refractivity contribution >= 4 is 0 Å². The molecule has 0 bridgehead atoms. The predicted molar refractivity (Wildman–Crippen MR) is 86.1 cm³/mol. The minimum atomic E-state index is 0.0813. The van der Waals surface area contributed by atoms with E-state index in [-0.39, 0.29) is 11.6 Å². The number of benzene rings is 1. The van der Waals surface area contributed by atoms with Gasteiger partial charge in [-0.2, -0.15) is 0 Å². The second-order valence-electron chi connectivity index (χ2n) is 6.99. The van der Waals surface area contributed by atoms with Crippen molar-refractivity contribution in [2.24, 2.45) is 5.41 Å². The summed E-state index contributed by atoms with van der Waals surface area (Å²) >= 11 is 0. The van der Waals surface area contributed by atoms with Gasteiger partial charge in [0.1, 0.15) is 6.23 Å². The summed E-state index contributed by atoms with van der Waals surface area (Å²) in [5, 5.41) is 0. The van der Waals surface area contributed by atoms with Gasteiger partial charge in [0.15, 0.2) is 0 Å². The maximum absolute atomic E-state index is 6.32. The maximum atomic E-state index is 6.32. The lowest BCUT2D eigenvalue weighted by molar-refractivity contribution is -0.191. The van der Waals surface area contributed by atoms with Crippen molar-refractivity contribution in [1.29, 1.82) is 0 Å². The normalized spacial score (nSPS) is 26.2. The third-order valence-corrected chi connectivity index (χ3v) is 4.39. The Morgan fingerprint density at radius 1 is 1.24 bits per heavy atom. The largest absolute Gasteiger partial charge is 0.380 e. The van der Waals surface area contributed by atoms with Gasteiger partial charge in [0, 0.05) is 25.1 Å². The van der Waals surface area contributed by atoms with Gasteiger partial charge in [0.2, 0.25) is 0 Å². The molecule has 0 N–H and O–H groups in total. The van der Waals surface area contributed by atoms with Crippen LogP contribution in [-0.2, 0) is 16.1 Å². The lowest BCUT2D eigenvalue weighted by Crippen LogP contribution is -2.58. The molecular formula is C18H29NO2. The molecule has 1 fully saturated rings. The molecule has 0 spiro atoms. The molecule has 3 heteroatoms. The molecule has 0 aromatic heterocycles. The Morgan fingerprint density at radius 3 is 2.48 bits per heavy atom. The fourth-order valence-corrected chi connectivity index (χ4v) is 3.24. The van der Waals surface area contributed by atoms with Crippen molar-refractivity contribution in [2.75, 3.05) is 13.7 Å². The van der Waals surface area contributed by atoms with Crippen LogP contribution in [0.5, 0.6) is 0 Å². The average Bonchev–Trinajstić information content (AvgIpc) is 2.45. The Balaban J connectivity index is 2.09. The molecule has 1 aromatic rings. The fourth-order valence-electron chi connectivity index (χ4n) is 3.24. The Bertz CT molecular complexity index is 430. The monoisotopic (exact) mass is 291 g/mol. The standard InChI is InChI=1S/C18H29NO2/c1-14(2)19-12-16(20-5)11-18(3,4)17(19)21-13-15-9-7-6-8-10-15/h6-10,14,16-17H,11-13H2,1-5H3. The smallest absolute Gasteiger partial charge is 0.116 e. The molecule has 0 saturated carbocycles. The van der Waals surface area contributed by atoms with E-state index < -0.39 is 0 Å². The van der Waals surface area contributed by atoms with Crippen LogP contribution in [-0.4, -0.2) is 36.9 Å². The van der Waals surface area contributed by atoms with Crippen LogP contribution >= 0.6 is 0 Å². The number of likely N-dealkylation sites (tertiary alicyclic amines) is 1. The molecule has 2 unspecified atom stereocenters. The van der Waals surface area contributed by atoms with E-state index in [0.717, 1.165) is 13.0 Å². The SMILES string of the molecule is COC1CN(C(C)C)C(OCc2ccccc2)C(C)(C)C1. The van der Waals surface area contributed by atoms with E-state index in [1.165, 1.54) is 5.56 Å². The van der Waals surface area contributed by atoms with Gasteiger partial charge in [-0.05, 0) is 25.8 Å². The van der Waals surface area contributed by atoms with E-state index >= 15 is 0 Å². The lowest BCUT2D eigenvalue weighted by atomic mass is 9.80. The van der Waals surface area contributed by atoms with Crippen molar-refractivity contribution in [3.05, 3.63) is 35.9 Å². The average molecular weight is 291 g/mol. The van der Waals surface area contributed by atoms with Crippen LogP contribution in [0.4, 0.5) is 0 Å². The summed E-state index contributed by atoms with van der Waals surface area (Å²) in [6.45, 7) is 10.6. The van der Waals surface area contributed by atoms with E-state index in [2.05, 4.69) is 56.9 Å². The van der Waals surface area contributed by atoms with Crippen molar-refractivity contribution in [1.82, 2.24) is 4.90 Å². The number of hydrogen-bond donors (Lipinski definition) is 0. The first-order valence-electron chi connectivity index (χ1n) is 7.88. The van der Waals surface area contributed by atoms with Crippen LogP contribution in [0.15, 0.2) is 30.3 Å². The first-order chi connectivity index (χ1) is 9.94. The van der Waals surface area contributed by atoms with E-state index in [0.29, 0.717) is 18.8 Å². The van der Waals surface area contributed by atoms with Gasteiger partial charge in [-0.25, -0.2) is 0 Å². The zero-order valence-electron chi connectivity index (χ0n) is 14.0. The Hall–Kier alpha value is -0.900. The van der Waals surface area contributed by atoms with Crippen molar-refractivity contribution in [3.8, 4) is 0 Å². The predicted octanol–water partition coefficient (Wildman–Crippen LogP) is 3.68. The van der Waals surface area contributed by atoms with Crippen molar-refractivity contribution in [2.45, 2.75) is 59.1 Å². The first kappa shape index (κ1) is 16.5. The molecule has 1 saturated heterocycles. The van der Waals surface area contributed by atoms with Crippen LogP contribution in [0, 0.1) is 5.41 Å². The van der Waals surface area contributed by atoms with E-state index in [4.69, 9.17) is 9.47 Å². The summed E-state index contributed by atoms with van der Waals surface area (Å²) in [6, 6.07) is 10.8. The number of piperidine rings is 1. The van der Waals surface area contributed by atoms with Crippen LogP contribution in [0.2, 0.25) is 0 Å². The highest BCUT2D eigenvalue weighted by molar-refractivity contribution is 5.13. The number of methoxy groups -OCH3 is 1. The summed E-state index contributed by atoms with van der Waals surface area (Å²) in [7, 11) is 1.81. The highest BCUT2D eigenvalue weighted by atomic mass is 16.5. The van der Waals surface area contributed by atoms with E-state index in [1.54, 1.807) is 0 Å². The van der Waals surface area contributed by atoms with Crippen LogP contribution < -0.4 is 0 Å².